The van der Waals surface area contributed by atoms with Crippen LogP contribution in [-0.2, 0) is 4.74 Å². The fraction of sp³-hybridized carbons (Fsp3) is 0.500. The van der Waals surface area contributed by atoms with Crippen LogP contribution in [0.5, 0.6) is 0 Å². The third kappa shape index (κ3) is 3.62. The lowest BCUT2D eigenvalue weighted by molar-refractivity contribution is -0.385. The molecule has 0 aliphatic rings. The molecular weight excluding hydrogens is 306 g/mol. The van der Waals surface area contributed by atoms with Crippen molar-refractivity contribution in [3.05, 3.63) is 26.3 Å². The highest BCUT2D eigenvalue weighted by Gasteiger charge is 2.17. The average Bonchev–Trinajstić information content (AvgIpc) is 2.31. The minimum absolute atomic E-state index is 0.0511. The van der Waals surface area contributed by atoms with Crippen molar-refractivity contribution in [1.82, 2.24) is 4.98 Å². The molecule has 100 valence electrons. The number of anilines is 1. The van der Waals surface area contributed by atoms with E-state index in [-0.39, 0.29) is 18.8 Å². The molecule has 1 atom stereocenters. The van der Waals surface area contributed by atoms with Gasteiger partial charge in [0.2, 0.25) is 0 Å². The Bertz CT molecular complexity index is 441. The number of pyridine rings is 1. The van der Waals surface area contributed by atoms with Crippen LogP contribution >= 0.6 is 15.9 Å². The van der Waals surface area contributed by atoms with Crippen LogP contribution in [0.1, 0.15) is 5.56 Å². The summed E-state index contributed by atoms with van der Waals surface area (Å²) >= 11 is 3.25. The van der Waals surface area contributed by atoms with Gasteiger partial charge in [0.15, 0.2) is 0 Å². The van der Waals surface area contributed by atoms with Crippen LogP contribution < -0.4 is 5.32 Å². The van der Waals surface area contributed by atoms with E-state index in [2.05, 4.69) is 26.2 Å². The summed E-state index contributed by atoms with van der Waals surface area (Å²) in [6, 6.07) is 0. The second kappa shape index (κ2) is 6.62. The van der Waals surface area contributed by atoms with Gasteiger partial charge < -0.3 is 15.2 Å². The van der Waals surface area contributed by atoms with E-state index in [1.807, 2.05) is 0 Å². The van der Waals surface area contributed by atoms with E-state index in [0.717, 1.165) is 0 Å². The van der Waals surface area contributed by atoms with Gasteiger partial charge in [-0.15, -0.1) is 0 Å². The van der Waals surface area contributed by atoms with Crippen molar-refractivity contribution in [1.29, 1.82) is 0 Å². The monoisotopic (exact) mass is 319 g/mol. The number of aliphatic hydroxyl groups excluding tert-OH is 1. The predicted molar refractivity (Wildman–Crippen MR) is 69.7 cm³/mol. The van der Waals surface area contributed by atoms with Gasteiger partial charge in [0.05, 0.1) is 22.1 Å². The highest BCUT2D eigenvalue weighted by molar-refractivity contribution is 9.10. The number of nitro groups is 1. The summed E-state index contributed by atoms with van der Waals surface area (Å²) in [4.78, 5) is 14.2. The number of halogens is 1. The Hall–Kier alpha value is -1.25. The SMILES string of the molecule is COCC(O)CNc1ncc([N+](=O)[O-])c(C)c1Br. The van der Waals surface area contributed by atoms with Crippen LogP contribution in [0.2, 0.25) is 0 Å². The second-order valence-electron chi connectivity index (χ2n) is 3.68. The number of hydrogen-bond acceptors (Lipinski definition) is 6. The third-order valence-electron chi connectivity index (χ3n) is 2.30. The van der Waals surface area contributed by atoms with Crippen LogP contribution in [0.15, 0.2) is 10.7 Å². The molecule has 1 unspecified atom stereocenters. The first-order chi connectivity index (χ1) is 8.47. The zero-order valence-corrected chi connectivity index (χ0v) is 11.6. The van der Waals surface area contributed by atoms with Crippen molar-refractivity contribution in [2.75, 3.05) is 25.6 Å². The summed E-state index contributed by atoms with van der Waals surface area (Å²) in [7, 11) is 1.49. The number of rotatable bonds is 6. The zero-order chi connectivity index (χ0) is 13.7. The number of aliphatic hydroxyl groups is 1. The summed E-state index contributed by atoms with van der Waals surface area (Å²) in [5, 5.41) is 23.1. The van der Waals surface area contributed by atoms with Gasteiger partial charge in [-0.3, -0.25) is 10.1 Å². The molecule has 18 heavy (non-hydrogen) atoms. The first-order valence-corrected chi connectivity index (χ1v) is 5.97. The number of aromatic nitrogens is 1. The smallest absolute Gasteiger partial charge is 0.291 e. The summed E-state index contributed by atoms with van der Waals surface area (Å²) in [6.45, 7) is 2.08. The fourth-order valence-corrected chi connectivity index (χ4v) is 1.79. The van der Waals surface area contributed by atoms with Crippen molar-refractivity contribution in [2.24, 2.45) is 0 Å². The third-order valence-corrected chi connectivity index (χ3v) is 3.27. The Morgan fingerprint density at radius 2 is 2.39 bits per heavy atom. The van der Waals surface area contributed by atoms with Crippen LogP contribution in [0.3, 0.4) is 0 Å². The molecule has 0 fully saturated rings. The first kappa shape index (κ1) is 14.8. The number of hydrogen-bond donors (Lipinski definition) is 2. The number of methoxy groups -OCH3 is 1. The summed E-state index contributed by atoms with van der Waals surface area (Å²) in [6.07, 6.45) is 0.518. The van der Waals surface area contributed by atoms with E-state index in [4.69, 9.17) is 4.74 Å². The lowest BCUT2D eigenvalue weighted by Crippen LogP contribution is -2.24. The second-order valence-corrected chi connectivity index (χ2v) is 4.47. The van der Waals surface area contributed by atoms with Gasteiger partial charge in [0, 0.05) is 19.2 Å². The first-order valence-electron chi connectivity index (χ1n) is 5.17. The van der Waals surface area contributed by atoms with E-state index >= 15 is 0 Å². The van der Waals surface area contributed by atoms with Crippen molar-refractivity contribution >= 4 is 27.4 Å². The Balaban J connectivity index is 2.79. The van der Waals surface area contributed by atoms with Gasteiger partial charge in [-0.2, -0.15) is 0 Å². The minimum Gasteiger partial charge on any atom is -0.389 e. The van der Waals surface area contributed by atoms with Crippen LogP contribution in [-0.4, -0.2) is 41.4 Å². The number of ether oxygens (including phenoxy) is 1. The Kier molecular flexibility index (Phi) is 5.45. The van der Waals surface area contributed by atoms with Crippen LogP contribution in [0, 0.1) is 17.0 Å². The summed E-state index contributed by atoms with van der Waals surface area (Å²) < 4.78 is 5.30. The molecular formula is C10H14BrN3O4. The molecule has 1 aromatic heterocycles. The molecule has 0 radical (unpaired) electrons. The van der Waals surface area contributed by atoms with Gasteiger partial charge in [-0.1, -0.05) is 0 Å². The van der Waals surface area contributed by atoms with E-state index in [9.17, 15) is 15.2 Å². The molecule has 1 rings (SSSR count). The average molecular weight is 320 g/mol. The van der Waals surface area contributed by atoms with Gasteiger partial charge in [-0.05, 0) is 22.9 Å². The van der Waals surface area contributed by atoms with E-state index in [1.54, 1.807) is 6.92 Å². The minimum atomic E-state index is -0.667. The lowest BCUT2D eigenvalue weighted by Gasteiger charge is -2.13. The van der Waals surface area contributed by atoms with E-state index in [0.29, 0.717) is 15.9 Å². The Morgan fingerprint density at radius 3 is 2.94 bits per heavy atom. The molecule has 7 nitrogen and oxygen atoms in total. The number of nitrogens with one attached hydrogen (secondary N) is 1. The van der Waals surface area contributed by atoms with Crippen molar-refractivity contribution in [2.45, 2.75) is 13.0 Å². The van der Waals surface area contributed by atoms with Gasteiger partial charge in [-0.25, -0.2) is 4.98 Å². The van der Waals surface area contributed by atoms with E-state index < -0.39 is 11.0 Å². The molecule has 1 heterocycles. The Labute approximate surface area is 112 Å². The highest BCUT2D eigenvalue weighted by atomic mass is 79.9. The van der Waals surface area contributed by atoms with Crippen LogP contribution in [0.25, 0.3) is 0 Å². The van der Waals surface area contributed by atoms with Gasteiger partial charge in [0.25, 0.3) is 5.69 Å². The van der Waals surface area contributed by atoms with Crippen LogP contribution in [0.4, 0.5) is 11.5 Å². The topological polar surface area (TPSA) is 97.5 Å². The fourth-order valence-electron chi connectivity index (χ4n) is 1.34. The predicted octanol–water partition coefficient (Wildman–Crippen LogP) is 1.48. The summed E-state index contributed by atoms with van der Waals surface area (Å²) in [5.74, 6) is 0.452. The molecule has 0 bridgehead atoms. The Morgan fingerprint density at radius 1 is 1.72 bits per heavy atom. The maximum Gasteiger partial charge on any atom is 0.291 e. The maximum absolute atomic E-state index is 10.7. The number of nitrogens with zero attached hydrogens (tertiary/aromatic N) is 2. The molecule has 0 aromatic carbocycles. The molecule has 8 heteroatoms. The largest absolute Gasteiger partial charge is 0.389 e. The molecule has 1 aromatic rings. The molecule has 0 aliphatic carbocycles. The molecule has 2 N–H and O–H groups in total. The highest BCUT2D eigenvalue weighted by Crippen LogP contribution is 2.30. The van der Waals surface area contributed by atoms with Crippen molar-refractivity contribution < 1.29 is 14.8 Å². The molecule has 0 saturated carbocycles. The molecule has 0 aliphatic heterocycles. The molecule has 0 amide bonds. The lowest BCUT2D eigenvalue weighted by atomic mass is 10.2. The van der Waals surface area contributed by atoms with Gasteiger partial charge >= 0.3 is 0 Å². The van der Waals surface area contributed by atoms with Crippen molar-refractivity contribution in [3.63, 3.8) is 0 Å². The molecule has 0 saturated heterocycles. The normalized spacial score (nSPS) is 12.2. The maximum atomic E-state index is 10.7. The zero-order valence-electron chi connectivity index (χ0n) is 10.0. The van der Waals surface area contributed by atoms with Gasteiger partial charge in [0.1, 0.15) is 12.0 Å². The van der Waals surface area contributed by atoms with E-state index in [1.165, 1.54) is 13.3 Å². The quantitative estimate of drug-likeness (QED) is 0.609. The standard InChI is InChI=1S/C10H14BrN3O4/c1-6-8(14(16)17)4-13-10(9(6)11)12-3-7(15)5-18-2/h4,7,15H,3,5H2,1-2H3,(H,12,13). The van der Waals surface area contributed by atoms with Crippen molar-refractivity contribution in [3.8, 4) is 0 Å². The summed E-state index contributed by atoms with van der Waals surface area (Å²) in [5.41, 5.74) is 0.434. The molecule has 0 spiro atoms.